The third-order valence-corrected chi connectivity index (χ3v) is 3.21. The summed E-state index contributed by atoms with van der Waals surface area (Å²) in [4.78, 5) is 0. The molecular weight excluding hydrogens is 238 g/mol. The van der Waals surface area contributed by atoms with Crippen LogP contribution in [0.1, 0.15) is 29.7 Å². The molecule has 3 heteroatoms. The lowest BCUT2D eigenvalue weighted by atomic mass is 10.1. The first-order valence-electron chi connectivity index (χ1n) is 6.37. The molecular formula is C16H19NO2. The van der Waals surface area contributed by atoms with Gasteiger partial charge in [-0.2, -0.15) is 0 Å². The van der Waals surface area contributed by atoms with Gasteiger partial charge in [0.2, 0.25) is 0 Å². The second kappa shape index (κ2) is 5.76. The Labute approximate surface area is 113 Å². The van der Waals surface area contributed by atoms with Gasteiger partial charge in [-0.25, -0.2) is 0 Å². The molecule has 100 valence electrons. The second-order valence-electron chi connectivity index (χ2n) is 4.83. The highest BCUT2D eigenvalue weighted by Gasteiger charge is 2.10. The van der Waals surface area contributed by atoms with Gasteiger partial charge in [0.1, 0.15) is 11.5 Å². The minimum absolute atomic E-state index is 0.0157. The Bertz CT molecular complexity index is 549. The van der Waals surface area contributed by atoms with Gasteiger partial charge >= 0.3 is 0 Å². The first-order chi connectivity index (χ1) is 9.06. The van der Waals surface area contributed by atoms with Crippen molar-refractivity contribution in [3.05, 3.63) is 59.2 Å². The van der Waals surface area contributed by atoms with E-state index < -0.39 is 0 Å². The van der Waals surface area contributed by atoms with E-state index in [2.05, 4.69) is 36.5 Å². The molecule has 0 saturated carbocycles. The summed E-state index contributed by atoms with van der Waals surface area (Å²) in [5.41, 5.74) is 3.23. The van der Waals surface area contributed by atoms with Gasteiger partial charge in [-0.1, -0.05) is 35.9 Å². The number of aryl methyl sites for hydroxylation is 1. The lowest BCUT2D eigenvalue weighted by Gasteiger charge is -2.16. The highest BCUT2D eigenvalue weighted by molar-refractivity contribution is 5.40. The van der Waals surface area contributed by atoms with Gasteiger partial charge in [-0.15, -0.1) is 0 Å². The van der Waals surface area contributed by atoms with E-state index in [4.69, 9.17) is 0 Å². The number of phenols is 2. The molecule has 2 rings (SSSR count). The predicted molar refractivity (Wildman–Crippen MR) is 76.2 cm³/mol. The number of hydrogen-bond acceptors (Lipinski definition) is 3. The third kappa shape index (κ3) is 3.48. The number of hydrogen-bond donors (Lipinski definition) is 3. The molecule has 0 bridgehead atoms. The van der Waals surface area contributed by atoms with E-state index in [1.807, 2.05) is 6.92 Å². The normalized spacial score (nSPS) is 12.3. The topological polar surface area (TPSA) is 52.5 Å². The quantitative estimate of drug-likeness (QED) is 0.788. The Kier molecular flexibility index (Phi) is 4.07. The lowest BCUT2D eigenvalue weighted by molar-refractivity contribution is 0.436. The van der Waals surface area contributed by atoms with E-state index in [0.29, 0.717) is 0 Å². The van der Waals surface area contributed by atoms with Crippen molar-refractivity contribution in [3.8, 4) is 11.5 Å². The van der Waals surface area contributed by atoms with Gasteiger partial charge in [0.25, 0.3) is 0 Å². The van der Waals surface area contributed by atoms with E-state index in [0.717, 1.165) is 12.1 Å². The maximum absolute atomic E-state index is 9.80. The summed E-state index contributed by atoms with van der Waals surface area (Å²) < 4.78 is 0. The number of aromatic hydroxyl groups is 2. The number of nitrogens with one attached hydrogen (secondary N) is 1. The van der Waals surface area contributed by atoms with E-state index in [-0.39, 0.29) is 17.5 Å². The van der Waals surface area contributed by atoms with E-state index >= 15 is 0 Å². The summed E-state index contributed by atoms with van der Waals surface area (Å²) in [6, 6.07) is 13.0. The zero-order valence-electron chi connectivity index (χ0n) is 11.2. The van der Waals surface area contributed by atoms with Crippen LogP contribution in [0.3, 0.4) is 0 Å². The largest absolute Gasteiger partial charge is 0.508 e. The van der Waals surface area contributed by atoms with Gasteiger partial charge in [-0.05, 0) is 25.5 Å². The molecule has 1 unspecified atom stereocenters. The van der Waals surface area contributed by atoms with Crippen molar-refractivity contribution < 1.29 is 10.2 Å². The van der Waals surface area contributed by atoms with Crippen LogP contribution in [-0.2, 0) is 6.54 Å². The number of benzene rings is 2. The first-order valence-corrected chi connectivity index (χ1v) is 6.37. The van der Waals surface area contributed by atoms with Crippen molar-refractivity contribution in [2.45, 2.75) is 26.4 Å². The fraction of sp³-hybridized carbons (Fsp3) is 0.250. The fourth-order valence-electron chi connectivity index (χ4n) is 1.99. The maximum Gasteiger partial charge on any atom is 0.124 e. The Morgan fingerprint density at radius 3 is 2.37 bits per heavy atom. The molecule has 2 aromatic carbocycles. The van der Waals surface area contributed by atoms with Crippen LogP contribution in [0.5, 0.6) is 11.5 Å². The number of phenolic OH excluding ortho intramolecular Hbond substituents is 2. The third-order valence-electron chi connectivity index (χ3n) is 3.21. The summed E-state index contributed by atoms with van der Waals surface area (Å²) in [6.45, 7) is 4.79. The molecule has 0 radical (unpaired) electrons. The molecule has 0 saturated heterocycles. The second-order valence-corrected chi connectivity index (χ2v) is 4.83. The molecule has 0 amide bonds. The Morgan fingerprint density at radius 1 is 1.05 bits per heavy atom. The molecule has 0 aromatic heterocycles. The van der Waals surface area contributed by atoms with Crippen molar-refractivity contribution in [1.29, 1.82) is 0 Å². The molecule has 0 fully saturated rings. The van der Waals surface area contributed by atoms with Crippen LogP contribution >= 0.6 is 0 Å². The fourth-order valence-corrected chi connectivity index (χ4v) is 1.99. The molecule has 0 spiro atoms. The van der Waals surface area contributed by atoms with Gasteiger partial charge in [0, 0.05) is 24.2 Å². The average Bonchev–Trinajstić information content (AvgIpc) is 2.37. The molecule has 0 aliphatic rings. The van der Waals surface area contributed by atoms with E-state index in [1.165, 1.54) is 17.2 Å². The standard InChI is InChI=1S/C16H19NO2/c1-11-3-5-13(6-4-11)10-17-12(2)15-8-7-14(18)9-16(15)19/h3-9,12,17-19H,10H2,1-2H3. The predicted octanol–water partition coefficient (Wildman–Crippen LogP) is 3.26. The summed E-state index contributed by atoms with van der Waals surface area (Å²) in [6.07, 6.45) is 0. The zero-order chi connectivity index (χ0) is 13.8. The molecule has 0 aliphatic carbocycles. The monoisotopic (exact) mass is 257 g/mol. The Balaban J connectivity index is 2.01. The Hall–Kier alpha value is -2.00. The molecule has 3 nitrogen and oxygen atoms in total. The van der Waals surface area contributed by atoms with Crippen molar-refractivity contribution >= 4 is 0 Å². The molecule has 0 heterocycles. The minimum Gasteiger partial charge on any atom is -0.508 e. The lowest BCUT2D eigenvalue weighted by Crippen LogP contribution is -2.18. The van der Waals surface area contributed by atoms with Gasteiger partial charge in [0.15, 0.2) is 0 Å². The van der Waals surface area contributed by atoms with Gasteiger partial charge < -0.3 is 15.5 Å². The van der Waals surface area contributed by atoms with Crippen LogP contribution in [0.2, 0.25) is 0 Å². The number of rotatable bonds is 4. The van der Waals surface area contributed by atoms with Gasteiger partial charge in [0.05, 0.1) is 0 Å². The van der Waals surface area contributed by atoms with Crippen molar-refractivity contribution in [2.75, 3.05) is 0 Å². The van der Waals surface area contributed by atoms with Crippen molar-refractivity contribution in [2.24, 2.45) is 0 Å². The average molecular weight is 257 g/mol. The van der Waals surface area contributed by atoms with Crippen LogP contribution in [0.25, 0.3) is 0 Å². The summed E-state index contributed by atoms with van der Waals surface area (Å²) in [7, 11) is 0. The van der Waals surface area contributed by atoms with E-state index in [9.17, 15) is 10.2 Å². The molecule has 2 aromatic rings. The first kappa shape index (κ1) is 13.4. The summed E-state index contributed by atoms with van der Waals surface area (Å²) in [5.74, 6) is 0.191. The highest BCUT2D eigenvalue weighted by atomic mass is 16.3. The summed E-state index contributed by atoms with van der Waals surface area (Å²) in [5, 5.41) is 22.4. The van der Waals surface area contributed by atoms with Crippen LogP contribution in [0.15, 0.2) is 42.5 Å². The SMILES string of the molecule is Cc1ccc(CNC(C)c2ccc(O)cc2O)cc1. The van der Waals surface area contributed by atoms with Crippen LogP contribution in [0, 0.1) is 6.92 Å². The Morgan fingerprint density at radius 2 is 1.74 bits per heavy atom. The zero-order valence-corrected chi connectivity index (χ0v) is 11.2. The van der Waals surface area contributed by atoms with Crippen molar-refractivity contribution in [1.82, 2.24) is 5.32 Å². The minimum atomic E-state index is 0.0157. The van der Waals surface area contributed by atoms with Crippen LogP contribution < -0.4 is 5.32 Å². The molecule has 1 atom stereocenters. The van der Waals surface area contributed by atoms with E-state index in [1.54, 1.807) is 12.1 Å². The van der Waals surface area contributed by atoms with Gasteiger partial charge in [-0.3, -0.25) is 0 Å². The maximum atomic E-state index is 9.80. The highest BCUT2D eigenvalue weighted by Crippen LogP contribution is 2.27. The van der Waals surface area contributed by atoms with Crippen molar-refractivity contribution in [3.63, 3.8) is 0 Å². The molecule has 3 N–H and O–H groups in total. The summed E-state index contributed by atoms with van der Waals surface area (Å²) >= 11 is 0. The van der Waals surface area contributed by atoms with Crippen LogP contribution in [0.4, 0.5) is 0 Å². The smallest absolute Gasteiger partial charge is 0.124 e. The molecule has 19 heavy (non-hydrogen) atoms. The molecule has 0 aliphatic heterocycles. The van der Waals surface area contributed by atoms with Crippen LogP contribution in [-0.4, -0.2) is 10.2 Å².